The Bertz CT molecular complexity index is 626. The zero-order chi connectivity index (χ0) is 15.5. The van der Waals surface area contributed by atoms with E-state index in [2.05, 4.69) is 5.32 Å². The second kappa shape index (κ2) is 6.14. The number of fused-ring (bicyclic) bond motifs is 1. The summed E-state index contributed by atoms with van der Waals surface area (Å²) in [7, 11) is 0. The first-order valence-corrected chi connectivity index (χ1v) is 6.99. The fourth-order valence-electron chi connectivity index (χ4n) is 2.15. The fraction of sp³-hybridized carbons (Fsp3) is 0.353. The third kappa shape index (κ3) is 4.20. The number of benzene rings is 2. The largest absolute Gasteiger partial charge is 0.444 e. The monoisotopic (exact) mass is 287 g/mol. The van der Waals surface area contributed by atoms with E-state index in [-0.39, 0.29) is 6.54 Å². The standard InChI is InChI=1S/C17H21NO3/c1-17(2,3)21-16(20)18-11-15(19)14-10-6-8-12-7-4-5-9-13(12)14/h4-10,15,19H,11H2,1-3H3,(H,18,20). The number of carbonyl (C=O) groups excluding carboxylic acids is 1. The molecule has 4 heteroatoms. The maximum Gasteiger partial charge on any atom is 0.407 e. The molecule has 0 heterocycles. The quantitative estimate of drug-likeness (QED) is 0.909. The molecule has 0 aliphatic carbocycles. The van der Waals surface area contributed by atoms with E-state index in [1.807, 2.05) is 42.5 Å². The molecule has 0 radical (unpaired) electrons. The van der Waals surface area contributed by atoms with Crippen LogP contribution in [-0.4, -0.2) is 23.3 Å². The maximum absolute atomic E-state index is 11.6. The molecular formula is C17H21NO3. The Balaban J connectivity index is 2.06. The van der Waals surface area contributed by atoms with Gasteiger partial charge in [0.15, 0.2) is 0 Å². The maximum atomic E-state index is 11.6. The molecule has 4 nitrogen and oxygen atoms in total. The zero-order valence-corrected chi connectivity index (χ0v) is 12.6. The predicted molar refractivity (Wildman–Crippen MR) is 83.1 cm³/mol. The minimum Gasteiger partial charge on any atom is -0.444 e. The summed E-state index contributed by atoms with van der Waals surface area (Å²) < 4.78 is 5.15. The van der Waals surface area contributed by atoms with Crippen molar-refractivity contribution in [3.8, 4) is 0 Å². The molecular weight excluding hydrogens is 266 g/mol. The van der Waals surface area contributed by atoms with Gasteiger partial charge in [-0.3, -0.25) is 0 Å². The molecule has 21 heavy (non-hydrogen) atoms. The lowest BCUT2D eigenvalue weighted by Crippen LogP contribution is -2.34. The van der Waals surface area contributed by atoms with E-state index in [9.17, 15) is 9.90 Å². The number of nitrogens with one attached hydrogen (secondary N) is 1. The molecule has 0 spiro atoms. The highest BCUT2D eigenvalue weighted by atomic mass is 16.6. The van der Waals surface area contributed by atoms with Crippen molar-refractivity contribution in [3.63, 3.8) is 0 Å². The van der Waals surface area contributed by atoms with Gasteiger partial charge in [0.25, 0.3) is 0 Å². The number of alkyl carbamates (subject to hydrolysis) is 1. The Morgan fingerprint density at radius 1 is 1.19 bits per heavy atom. The van der Waals surface area contributed by atoms with Gasteiger partial charge in [-0.25, -0.2) is 4.79 Å². The van der Waals surface area contributed by atoms with Crippen molar-refractivity contribution >= 4 is 16.9 Å². The fourth-order valence-corrected chi connectivity index (χ4v) is 2.15. The molecule has 112 valence electrons. The van der Waals surface area contributed by atoms with Crippen molar-refractivity contribution in [2.75, 3.05) is 6.54 Å². The van der Waals surface area contributed by atoms with Gasteiger partial charge < -0.3 is 15.2 Å². The van der Waals surface area contributed by atoms with Gasteiger partial charge in [-0.15, -0.1) is 0 Å². The Kier molecular flexibility index (Phi) is 4.48. The van der Waals surface area contributed by atoms with Crippen LogP contribution in [0.1, 0.15) is 32.4 Å². The van der Waals surface area contributed by atoms with Crippen LogP contribution in [0.4, 0.5) is 4.79 Å². The first kappa shape index (κ1) is 15.3. The van der Waals surface area contributed by atoms with Crippen molar-refractivity contribution in [1.29, 1.82) is 0 Å². The minimum atomic E-state index is -0.774. The van der Waals surface area contributed by atoms with Crippen LogP contribution in [0, 0.1) is 0 Å². The average molecular weight is 287 g/mol. The summed E-state index contributed by atoms with van der Waals surface area (Å²) in [4.78, 5) is 11.6. The van der Waals surface area contributed by atoms with Crippen LogP contribution in [0.5, 0.6) is 0 Å². The van der Waals surface area contributed by atoms with Crippen LogP contribution in [-0.2, 0) is 4.74 Å². The molecule has 0 saturated heterocycles. The van der Waals surface area contributed by atoms with E-state index in [0.29, 0.717) is 0 Å². The summed E-state index contributed by atoms with van der Waals surface area (Å²) in [5.74, 6) is 0. The summed E-state index contributed by atoms with van der Waals surface area (Å²) >= 11 is 0. The van der Waals surface area contributed by atoms with Crippen LogP contribution in [0.3, 0.4) is 0 Å². The lowest BCUT2D eigenvalue weighted by atomic mass is 10.0. The molecule has 2 aromatic rings. The van der Waals surface area contributed by atoms with Crippen molar-refractivity contribution in [2.24, 2.45) is 0 Å². The Hall–Kier alpha value is -2.07. The number of hydrogen-bond acceptors (Lipinski definition) is 3. The summed E-state index contributed by atoms with van der Waals surface area (Å²) in [5.41, 5.74) is 0.248. The molecule has 1 amide bonds. The van der Waals surface area contributed by atoms with Gasteiger partial charge in [0, 0.05) is 0 Å². The third-order valence-electron chi connectivity index (χ3n) is 3.02. The summed E-state index contributed by atoms with van der Waals surface area (Å²) in [6, 6.07) is 13.6. The summed E-state index contributed by atoms with van der Waals surface area (Å²) in [5, 5.41) is 14.9. The molecule has 1 unspecified atom stereocenters. The first-order chi connectivity index (χ1) is 9.87. The van der Waals surface area contributed by atoms with Gasteiger partial charge in [-0.1, -0.05) is 42.5 Å². The zero-order valence-electron chi connectivity index (χ0n) is 12.6. The lowest BCUT2D eigenvalue weighted by molar-refractivity contribution is 0.0492. The van der Waals surface area contributed by atoms with Gasteiger partial charge in [0.2, 0.25) is 0 Å². The molecule has 0 aliphatic rings. The Morgan fingerprint density at radius 3 is 2.57 bits per heavy atom. The van der Waals surface area contributed by atoms with Crippen LogP contribution in [0.2, 0.25) is 0 Å². The molecule has 0 aromatic heterocycles. The first-order valence-electron chi connectivity index (χ1n) is 6.99. The molecule has 2 aromatic carbocycles. The average Bonchev–Trinajstić information content (AvgIpc) is 2.42. The summed E-state index contributed by atoms with van der Waals surface area (Å²) in [6.45, 7) is 5.51. The molecule has 0 saturated carbocycles. The number of ether oxygens (including phenoxy) is 1. The molecule has 0 bridgehead atoms. The van der Waals surface area contributed by atoms with E-state index < -0.39 is 17.8 Å². The van der Waals surface area contributed by atoms with Crippen LogP contribution < -0.4 is 5.32 Å². The molecule has 0 aliphatic heterocycles. The van der Waals surface area contributed by atoms with E-state index in [1.54, 1.807) is 20.8 Å². The van der Waals surface area contributed by atoms with Crippen LogP contribution in [0.25, 0.3) is 10.8 Å². The smallest absolute Gasteiger partial charge is 0.407 e. The van der Waals surface area contributed by atoms with E-state index >= 15 is 0 Å². The second-order valence-electron chi connectivity index (χ2n) is 5.97. The highest BCUT2D eigenvalue weighted by Crippen LogP contribution is 2.23. The minimum absolute atomic E-state index is 0.114. The highest BCUT2D eigenvalue weighted by Gasteiger charge is 2.17. The number of aliphatic hydroxyl groups excluding tert-OH is 1. The Morgan fingerprint density at radius 2 is 1.86 bits per heavy atom. The number of amides is 1. The number of aliphatic hydroxyl groups is 1. The molecule has 2 N–H and O–H groups in total. The van der Waals surface area contributed by atoms with E-state index in [4.69, 9.17) is 4.74 Å². The SMILES string of the molecule is CC(C)(C)OC(=O)NCC(O)c1cccc2ccccc12. The van der Waals surface area contributed by atoms with Gasteiger partial charge in [0.05, 0.1) is 12.6 Å². The van der Waals surface area contributed by atoms with E-state index in [0.717, 1.165) is 16.3 Å². The van der Waals surface area contributed by atoms with Gasteiger partial charge >= 0.3 is 6.09 Å². The number of rotatable bonds is 3. The predicted octanol–water partition coefficient (Wildman–Crippen LogP) is 3.40. The molecule has 0 fully saturated rings. The lowest BCUT2D eigenvalue weighted by Gasteiger charge is -2.21. The number of carbonyl (C=O) groups is 1. The topological polar surface area (TPSA) is 58.6 Å². The molecule has 2 rings (SSSR count). The van der Waals surface area contributed by atoms with Crippen molar-refractivity contribution in [3.05, 3.63) is 48.0 Å². The van der Waals surface area contributed by atoms with Crippen molar-refractivity contribution in [2.45, 2.75) is 32.5 Å². The normalized spacial score (nSPS) is 13.0. The second-order valence-corrected chi connectivity index (χ2v) is 5.97. The van der Waals surface area contributed by atoms with E-state index in [1.165, 1.54) is 0 Å². The highest BCUT2D eigenvalue weighted by molar-refractivity contribution is 5.86. The molecule has 1 atom stereocenters. The summed E-state index contributed by atoms with van der Waals surface area (Å²) in [6.07, 6.45) is -1.30. The van der Waals surface area contributed by atoms with Gasteiger partial charge in [0.1, 0.15) is 5.60 Å². The van der Waals surface area contributed by atoms with Crippen molar-refractivity contribution in [1.82, 2.24) is 5.32 Å². The third-order valence-corrected chi connectivity index (χ3v) is 3.02. The van der Waals surface area contributed by atoms with Crippen LogP contribution in [0.15, 0.2) is 42.5 Å². The van der Waals surface area contributed by atoms with Gasteiger partial charge in [-0.05, 0) is 37.1 Å². The van der Waals surface area contributed by atoms with Crippen molar-refractivity contribution < 1.29 is 14.6 Å². The van der Waals surface area contributed by atoms with Gasteiger partial charge in [-0.2, -0.15) is 0 Å². The Labute approximate surface area is 124 Å². The number of hydrogen-bond donors (Lipinski definition) is 2. The van der Waals surface area contributed by atoms with Crippen LogP contribution >= 0.6 is 0 Å².